The normalized spacial score (nSPS) is 14.9. The van der Waals surface area contributed by atoms with Crippen molar-refractivity contribution in [2.24, 2.45) is 4.99 Å². The van der Waals surface area contributed by atoms with Crippen LogP contribution < -0.4 is 24.4 Å². The first kappa shape index (κ1) is 27.1. The zero-order valence-electron chi connectivity index (χ0n) is 22.2. The van der Waals surface area contributed by atoms with Crippen LogP contribution in [0.3, 0.4) is 0 Å². The van der Waals surface area contributed by atoms with E-state index in [1.165, 1.54) is 28.0 Å². The van der Waals surface area contributed by atoms with Crippen LogP contribution in [-0.4, -0.2) is 30.9 Å². The van der Waals surface area contributed by atoms with Gasteiger partial charge in [0.1, 0.15) is 5.82 Å². The lowest BCUT2D eigenvalue weighted by atomic mass is 9.93. The van der Waals surface area contributed by atoms with E-state index in [9.17, 15) is 14.0 Å². The molecule has 0 bridgehead atoms. The first-order valence-corrected chi connectivity index (χ1v) is 13.6. The highest BCUT2D eigenvalue weighted by Crippen LogP contribution is 2.35. The fourth-order valence-electron chi connectivity index (χ4n) is 4.65. The van der Waals surface area contributed by atoms with Crippen molar-refractivity contribution in [3.8, 4) is 11.5 Å². The van der Waals surface area contributed by atoms with Crippen LogP contribution in [0.4, 0.5) is 4.39 Å². The molecule has 1 aliphatic heterocycles. The maximum absolute atomic E-state index is 14.0. The summed E-state index contributed by atoms with van der Waals surface area (Å²) >= 11 is 1.20. The Morgan fingerprint density at radius 3 is 2.45 bits per heavy atom. The third-order valence-corrected chi connectivity index (χ3v) is 7.35. The number of nitrogens with zero attached hydrogens (tertiary/aromatic N) is 2. The number of carbonyl (C=O) groups excluding carboxylic acids is 1. The summed E-state index contributed by atoms with van der Waals surface area (Å²) in [6.45, 7) is 4.14. The molecule has 1 aliphatic rings. The van der Waals surface area contributed by atoms with Gasteiger partial charge in [0.2, 0.25) is 0 Å². The fourth-order valence-corrected chi connectivity index (χ4v) is 5.64. The van der Waals surface area contributed by atoms with Gasteiger partial charge >= 0.3 is 5.97 Å². The molecule has 204 valence electrons. The molecule has 1 aromatic heterocycles. The molecule has 0 fully saturated rings. The Labute approximate surface area is 234 Å². The molecular weight excluding hydrogens is 531 g/mol. The molecule has 0 spiro atoms. The molecule has 9 heteroatoms. The largest absolute Gasteiger partial charge is 0.493 e. The summed E-state index contributed by atoms with van der Waals surface area (Å²) in [6, 6.07) is 19.6. The average Bonchev–Trinajstić information content (AvgIpc) is 3.28. The fraction of sp³-hybridized carbons (Fsp3) is 0.194. The monoisotopic (exact) mass is 558 g/mol. The molecule has 5 rings (SSSR count). The number of fused-ring (bicyclic) bond motifs is 1. The number of ether oxygens (including phenoxy) is 3. The van der Waals surface area contributed by atoms with Crippen LogP contribution in [-0.2, 0) is 9.53 Å². The maximum atomic E-state index is 14.0. The molecule has 0 amide bonds. The summed E-state index contributed by atoms with van der Waals surface area (Å²) in [5.74, 6) is 0.0388. The van der Waals surface area contributed by atoms with Gasteiger partial charge in [-0.15, -0.1) is 0 Å². The van der Waals surface area contributed by atoms with Crippen LogP contribution in [0.5, 0.6) is 11.5 Å². The third kappa shape index (κ3) is 5.08. The van der Waals surface area contributed by atoms with Crippen LogP contribution in [0.1, 0.15) is 36.6 Å². The van der Waals surface area contributed by atoms with E-state index in [0.29, 0.717) is 49.8 Å². The Balaban J connectivity index is 1.82. The highest BCUT2D eigenvalue weighted by atomic mass is 32.1. The number of rotatable bonds is 8. The molecule has 40 heavy (non-hydrogen) atoms. The zero-order valence-corrected chi connectivity index (χ0v) is 23.0. The Bertz CT molecular complexity index is 1760. The van der Waals surface area contributed by atoms with E-state index >= 15 is 0 Å². The van der Waals surface area contributed by atoms with Crippen molar-refractivity contribution in [1.29, 1.82) is 0 Å². The Morgan fingerprint density at radius 2 is 1.77 bits per heavy atom. The minimum absolute atomic E-state index is 0.140. The van der Waals surface area contributed by atoms with Gasteiger partial charge in [0.25, 0.3) is 5.56 Å². The molecule has 0 unspecified atom stereocenters. The van der Waals surface area contributed by atoms with Crippen molar-refractivity contribution in [2.45, 2.75) is 19.9 Å². The van der Waals surface area contributed by atoms with E-state index in [0.717, 1.165) is 0 Å². The van der Waals surface area contributed by atoms with E-state index in [4.69, 9.17) is 19.2 Å². The second-order valence-corrected chi connectivity index (χ2v) is 9.80. The zero-order chi connectivity index (χ0) is 28.2. The first-order valence-electron chi connectivity index (χ1n) is 12.8. The summed E-state index contributed by atoms with van der Waals surface area (Å²) in [5, 5.41) is 0. The molecule has 0 radical (unpaired) electrons. The van der Waals surface area contributed by atoms with Crippen molar-refractivity contribution in [3.63, 3.8) is 0 Å². The second kappa shape index (κ2) is 11.7. The lowest BCUT2D eigenvalue weighted by Crippen LogP contribution is -2.40. The molecule has 0 aliphatic carbocycles. The van der Waals surface area contributed by atoms with Gasteiger partial charge in [-0.3, -0.25) is 9.36 Å². The lowest BCUT2D eigenvalue weighted by Gasteiger charge is -2.25. The van der Waals surface area contributed by atoms with Crippen molar-refractivity contribution < 1.29 is 23.4 Å². The standard InChI is InChI=1S/C31H27FN2O5S/c1-4-38-28-21(12-9-13-23(28)37-3)18-24-29(35)34-27(20-14-16-22(32)17-15-20)25(30(36)39-5-2)26(33-31(34)40-24)19-10-7-6-8-11-19/h6-18,27H,4-5H2,1-3H3/t27-/m1/s1. The summed E-state index contributed by atoms with van der Waals surface area (Å²) < 4.78 is 32.6. The summed E-state index contributed by atoms with van der Waals surface area (Å²) in [7, 11) is 1.56. The number of thiazole rings is 1. The van der Waals surface area contributed by atoms with Gasteiger partial charge in [-0.1, -0.05) is 65.9 Å². The van der Waals surface area contributed by atoms with Crippen LogP contribution in [0, 0.1) is 5.82 Å². The Hall–Kier alpha value is -4.50. The molecule has 0 saturated carbocycles. The molecule has 2 heterocycles. The number of aromatic nitrogens is 1. The van der Waals surface area contributed by atoms with Crippen molar-refractivity contribution in [3.05, 3.63) is 121 Å². The molecule has 7 nitrogen and oxygen atoms in total. The number of hydrogen-bond acceptors (Lipinski definition) is 7. The predicted molar refractivity (Wildman–Crippen MR) is 152 cm³/mol. The number of halogens is 1. The predicted octanol–water partition coefficient (Wildman–Crippen LogP) is 4.48. The maximum Gasteiger partial charge on any atom is 0.338 e. The van der Waals surface area contributed by atoms with Gasteiger partial charge in [0.05, 0.1) is 42.2 Å². The number of hydrogen-bond donors (Lipinski definition) is 0. The van der Waals surface area contributed by atoms with E-state index < -0.39 is 17.8 Å². The third-order valence-electron chi connectivity index (χ3n) is 6.36. The lowest BCUT2D eigenvalue weighted by molar-refractivity contribution is -0.138. The molecule has 4 aromatic rings. The number of esters is 1. The molecule has 1 atom stereocenters. The second-order valence-electron chi connectivity index (χ2n) is 8.79. The number of methoxy groups -OCH3 is 1. The van der Waals surface area contributed by atoms with Crippen LogP contribution in [0.25, 0.3) is 11.8 Å². The van der Waals surface area contributed by atoms with Gasteiger partial charge in [-0.05, 0) is 43.7 Å². The van der Waals surface area contributed by atoms with Gasteiger partial charge in [0.15, 0.2) is 16.3 Å². The summed E-state index contributed by atoms with van der Waals surface area (Å²) in [6.07, 6.45) is 1.73. The molecule has 0 saturated heterocycles. The van der Waals surface area contributed by atoms with Crippen LogP contribution in [0.2, 0.25) is 0 Å². The van der Waals surface area contributed by atoms with Crippen molar-refractivity contribution >= 4 is 29.1 Å². The van der Waals surface area contributed by atoms with E-state index in [-0.39, 0.29) is 17.7 Å². The Morgan fingerprint density at radius 1 is 1.02 bits per heavy atom. The van der Waals surface area contributed by atoms with Crippen LogP contribution in [0.15, 0.2) is 88.2 Å². The number of benzene rings is 3. The van der Waals surface area contributed by atoms with Gasteiger partial charge in [0, 0.05) is 11.1 Å². The summed E-state index contributed by atoms with van der Waals surface area (Å²) in [5.41, 5.74) is 2.17. The minimum Gasteiger partial charge on any atom is -0.493 e. The van der Waals surface area contributed by atoms with Crippen molar-refractivity contribution in [2.75, 3.05) is 20.3 Å². The first-order chi connectivity index (χ1) is 19.5. The van der Waals surface area contributed by atoms with E-state index in [1.54, 1.807) is 38.3 Å². The van der Waals surface area contributed by atoms with Crippen molar-refractivity contribution in [1.82, 2.24) is 4.57 Å². The average molecular weight is 559 g/mol. The van der Waals surface area contributed by atoms with Gasteiger partial charge in [-0.25, -0.2) is 14.2 Å². The number of para-hydroxylation sites is 1. The Kier molecular flexibility index (Phi) is 7.93. The number of carbonyl (C=O) groups is 1. The SMILES string of the molecule is CCOC(=O)C1=C(c2ccccc2)N=c2sc(=Cc3cccc(OC)c3OCC)c(=O)n2[C@@H]1c1ccc(F)cc1. The van der Waals surface area contributed by atoms with Crippen LogP contribution >= 0.6 is 11.3 Å². The summed E-state index contributed by atoms with van der Waals surface area (Å²) in [4.78, 5) is 32.7. The van der Waals surface area contributed by atoms with E-state index in [1.807, 2.05) is 49.4 Å². The van der Waals surface area contributed by atoms with E-state index in [2.05, 4.69) is 0 Å². The molecule has 3 aromatic carbocycles. The topological polar surface area (TPSA) is 79.1 Å². The minimum atomic E-state index is -0.884. The molecular formula is C31H27FN2O5S. The smallest absolute Gasteiger partial charge is 0.338 e. The molecule has 0 N–H and O–H groups in total. The van der Waals surface area contributed by atoms with Gasteiger partial charge < -0.3 is 14.2 Å². The quantitative estimate of drug-likeness (QED) is 0.298. The highest BCUT2D eigenvalue weighted by molar-refractivity contribution is 7.07. The highest BCUT2D eigenvalue weighted by Gasteiger charge is 2.35. The van der Waals surface area contributed by atoms with Gasteiger partial charge in [-0.2, -0.15) is 0 Å².